The molecule has 2 N–H and O–H groups in total. The lowest BCUT2D eigenvalue weighted by Crippen LogP contribution is -2.17. The molecule has 1 aromatic heterocycles. The van der Waals surface area contributed by atoms with Crippen molar-refractivity contribution in [3.63, 3.8) is 0 Å². The second-order valence-electron chi connectivity index (χ2n) is 1.97. The molecular weight excluding hydrogens is 190 g/mol. The zero-order valence-electron chi connectivity index (χ0n) is 5.65. The van der Waals surface area contributed by atoms with Gasteiger partial charge in [-0.25, -0.2) is 18.5 Å². The topological polar surface area (TPSA) is 78.0 Å². The van der Waals surface area contributed by atoms with Crippen molar-refractivity contribution in [3.8, 4) is 0 Å². The highest BCUT2D eigenvalue weighted by Gasteiger charge is 2.15. The van der Waals surface area contributed by atoms with Crippen molar-refractivity contribution in [2.24, 2.45) is 12.2 Å². The van der Waals surface area contributed by atoms with Crippen LogP contribution in [-0.4, -0.2) is 18.0 Å². The maximum atomic E-state index is 10.7. The van der Waals surface area contributed by atoms with E-state index in [-0.39, 0.29) is 10.3 Å². The second kappa shape index (κ2) is 2.47. The standard InChI is InChI=1S/C4H6ClN3O2S/c1-8-3(5)2-7-4(8)11(6,9)10/h2H,1H3,(H2,6,9,10). The fraction of sp³-hybridized carbons (Fsp3) is 0.250. The molecule has 0 fully saturated rings. The Kier molecular flexibility index (Phi) is 1.91. The zero-order chi connectivity index (χ0) is 8.65. The van der Waals surface area contributed by atoms with Crippen LogP contribution in [0.4, 0.5) is 0 Å². The molecule has 0 aromatic carbocycles. The van der Waals surface area contributed by atoms with Gasteiger partial charge in [-0.3, -0.25) is 0 Å². The molecule has 1 aromatic rings. The first kappa shape index (κ1) is 8.51. The third kappa shape index (κ3) is 1.52. The SMILES string of the molecule is Cn1c(Cl)cnc1S(N)(=O)=O. The van der Waals surface area contributed by atoms with Gasteiger partial charge in [-0.15, -0.1) is 0 Å². The largest absolute Gasteiger partial charge is 0.308 e. The summed E-state index contributed by atoms with van der Waals surface area (Å²) in [5.74, 6) is 0. The molecule has 0 aliphatic carbocycles. The highest BCUT2D eigenvalue weighted by atomic mass is 35.5. The quantitative estimate of drug-likeness (QED) is 0.670. The van der Waals surface area contributed by atoms with Gasteiger partial charge in [0.2, 0.25) is 5.16 Å². The molecule has 11 heavy (non-hydrogen) atoms. The molecular formula is C4H6ClN3O2S. The van der Waals surface area contributed by atoms with E-state index in [4.69, 9.17) is 16.7 Å². The molecule has 7 heteroatoms. The average Bonchev–Trinajstić information content (AvgIpc) is 2.11. The molecule has 0 spiro atoms. The van der Waals surface area contributed by atoms with E-state index in [1.807, 2.05) is 0 Å². The van der Waals surface area contributed by atoms with Crippen LogP contribution in [0.1, 0.15) is 0 Å². The summed E-state index contributed by atoms with van der Waals surface area (Å²) in [4.78, 5) is 3.50. The van der Waals surface area contributed by atoms with Crippen LogP contribution in [-0.2, 0) is 17.1 Å². The monoisotopic (exact) mass is 195 g/mol. The van der Waals surface area contributed by atoms with Crippen LogP contribution < -0.4 is 5.14 Å². The van der Waals surface area contributed by atoms with Crippen molar-refractivity contribution in [2.75, 3.05) is 0 Å². The Morgan fingerprint density at radius 2 is 2.27 bits per heavy atom. The predicted octanol–water partition coefficient (Wildman–Crippen LogP) is -0.279. The van der Waals surface area contributed by atoms with Gasteiger partial charge in [0.1, 0.15) is 5.15 Å². The van der Waals surface area contributed by atoms with E-state index >= 15 is 0 Å². The average molecular weight is 196 g/mol. The Bertz CT molecular complexity index is 369. The van der Waals surface area contributed by atoms with Crippen LogP contribution in [0.15, 0.2) is 11.4 Å². The minimum Gasteiger partial charge on any atom is -0.308 e. The minimum absolute atomic E-state index is 0.231. The highest BCUT2D eigenvalue weighted by molar-refractivity contribution is 7.89. The number of sulfonamides is 1. The predicted molar refractivity (Wildman–Crippen MR) is 39.6 cm³/mol. The summed E-state index contributed by atoms with van der Waals surface area (Å²) in [6.07, 6.45) is 1.22. The number of primary sulfonamides is 1. The van der Waals surface area contributed by atoms with Gasteiger partial charge < -0.3 is 4.57 Å². The number of nitrogens with zero attached hydrogens (tertiary/aromatic N) is 2. The van der Waals surface area contributed by atoms with E-state index in [0.717, 1.165) is 0 Å². The van der Waals surface area contributed by atoms with Gasteiger partial charge in [-0.05, 0) is 0 Å². The maximum absolute atomic E-state index is 10.7. The first-order valence-corrected chi connectivity index (χ1v) is 4.55. The molecule has 5 nitrogen and oxygen atoms in total. The number of halogens is 1. The van der Waals surface area contributed by atoms with Crippen LogP contribution >= 0.6 is 11.6 Å². The highest BCUT2D eigenvalue weighted by Crippen LogP contribution is 2.11. The van der Waals surface area contributed by atoms with E-state index in [2.05, 4.69) is 4.98 Å². The normalized spacial score (nSPS) is 11.9. The molecule has 0 amide bonds. The Balaban J connectivity index is 3.38. The molecule has 1 rings (SSSR count). The molecule has 0 bridgehead atoms. The van der Waals surface area contributed by atoms with Crippen molar-refractivity contribution in [1.29, 1.82) is 0 Å². The Morgan fingerprint density at radius 1 is 1.73 bits per heavy atom. The third-order valence-electron chi connectivity index (χ3n) is 1.14. The summed E-state index contributed by atoms with van der Waals surface area (Å²) < 4.78 is 22.6. The van der Waals surface area contributed by atoms with Crippen molar-refractivity contribution in [2.45, 2.75) is 5.16 Å². The smallest absolute Gasteiger partial charge is 0.272 e. The van der Waals surface area contributed by atoms with Crippen molar-refractivity contribution < 1.29 is 8.42 Å². The van der Waals surface area contributed by atoms with Crippen molar-refractivity contribution >= 4 is 21.6 Å². The van der Waals surface area contributed by atoms with Crippen LogP contribution in [0.25, 0.3) is 0 Å². The lowest BCUT2D eigenvalue weighted by molar-refractivity contribution is 0.581. The van der Waals surface area contributed by atoms with Crippen LogP contribution in [0.5, 0.6) is 0 Å². The second-order valence-corrected chi connectivity index (χ2v) is 3.81. The first-order valence-electron chi connectivity index (χ1n) is 2.63. The fourth-order valence-electron chi connectivity index (χ4n) is 0.637. The van der Waals surface area contributed by atoms with Gasteiger partial charge in [0.05, 0.1) is 6.20 Å². The molecule has 0 unspecified atom stereocenters. The Hall–Kier alpha value is -0.590. The summed E-state index contributed by atoms with van der Waals surface area (Å²) in [5, 5.41) is 4.80. The molecule has 0 saturated carbocycles. The summed E-state index contributed by atoms with van der Waals surface area (Å²) >= 11 is 5.52. The molecule has 0 aliphatic heterocycles. The van der Waals surface area contributed by atoms with Gasteiger partial charge in [0.15, 0.2) is 0 Å². The number of rotatable bonds is 1. The molecule has 1 heterocycles. The van der Waals surface area contributed by atoms with Crippen LogP contribution in [0.2, 0.25) is 5.15 Å². The van der Waals surface area contributed by atoms with Gasteiger partial charge in [0, 0.05) is 7.05 Å². The molecule has 0 atom stereocenters. The first-order chi connectivity index (χ1) is 4.93. The summed E-state index contributed by atoms with van der Waals surface area (Å²) in [6, 6.07) is 0. The summed E-state index contributed by atoms with van der Waals surface area (Å²) in [5.41, 5.74) is 0. The number of hydrogen-bond donors (Lipinski definition) is 1. The van der Waals surface area contributed by atoms with Gasteiger partial charge >= 0.3 is 0 Å². The van der Waals surface area contributed by atoms with Crippen LogP contribution in [0, 0.1) is 0 Å². The maximum Gasteiger partial charge on any atom is 0.272 e. The molecule has 62 valence electrons. The number of aromatic nitrogens is 2. The van der Waals surface area contributed by atoms with Crippen LogP contribution in [0.3, 0.4) is 0 Å². The van der Waals surface area contributed by atoms with Crippen molar-refractivity contribution in [1.82, 2.24) is 9.55 Å². The molecule has 0 saturated heterocycles. The van der Waals surface area contributed by atoms with Gasteiger partial charge in [-0.1, -0.05) is 11.6 Å². The summed E-state index contributed by atoms with van der Waals surface area (Å²) in [6.45, 7) is 0. The number of hydrogen-bond acceptors (Lipinski definition) is 3. The lowest BCUT2D eigenvalue weighted by atomic mass is 10.9. The Morgan fingerprint density at radius 3 is 2.45 bits per heavy atom. The van der Waals surface area contributed by atoms with E-state index in [9.17, 15) is 8.42 Å². The van der Waals surface area contributed by atoms with E-state index in [1.165, 1.54) is 17.8 Å². The lowest BCUT2D eigenvalue weighted by Gasteiger charge is -1.97. The van der Waals surface area contributed by atoms with Gasteiger partial charge in [-0.2, -0.15) is 0 Å². The molecule has 0 radical (unpaired) electrons. The molecule has 0 aliphatic rings. The fourth-order valence-corrected chi connectivity index (χ4v) is 1.50. The zero-order valence-corrected chi connectivity index (χ0v) is 7.22. The number of imidazole rings is 1. The third-order valence-corrected chi connectivity index (χ3v) is 2.38. The number of nitrogens with two attached hydrogens (primary N) is 1. The van der Waals surface area contributed by atoms with E-state index < -0.39 is 10.0 Å². The van der Waals surface area contributed by atoms with E-state index in [0.29, 0.717) is 0 Å². The van der Waals surface area contributed by atoms with Crippen molar-refractivity contribution in [3.05, 3.63) is 11.3 Å². The summed E-state index contributed by atoms with van der Waals surface area (Å²) in [7, 11) is -2.28. The minimum atomic E-state index is -3.75. The Labute approximate surface area is 68.8 Å². The van der Waals surface area contributed by atoms with E-state index in [1.54, 1.807) is 0 Å². The van der Waals surface area contributed by atoms with Gasteiger partial charge in [0.25, 0.3) is 10.0 Å².